The number of nitrogens with one attached hydrogen (secondary N) is 1. The second kappa shape index (κ2) is 10.7. The molecule has 6 heteroatoms. The fourth-order valence-electron chi connectivity index (χ4n) is 3.16. The number of amides is 2. The Morgan fingerprint density at radius 3 is 2.35 bits per heavy atom. The average Bonchev–Trinajstić information content (AvgIpc) is 2.65. The third-order valence-electron chi connectivity index (χ3n) is 4.71. The highest BCUT2D eigenvalue weighted by molar-refractivity contribution is 5.78. The van der Waals surface area contributed by atoms with Crippen molar-refractivity contribution in [2.24, 2.45) is 0 Å². The fraction of sp³-hybridized carbons (Fsp3) is 0.600. The van der Waals surface area contributed by atoms with Gasteiger partial charge in [0.1, 0.15) is 18.1 Å². The van der Waals surface area contributed by atoms with E-state index in [1.165, 1.54) is 26.2 Å². The van der Waals surface area contributed by atoms with Crippen LogP contribution in [0.3, 0.4) is 0 Å². The Hall–Kier alpha value is -2.24. The van der Waals surface area contributed by atoms with Crippen LogP contribution >= 0.6 is 0 Å². The predicted molar refractivity (Wildman–Crippen MR) is 100 cm³/mol. The van der Waals surface area contributed by atoms with Crippen LogP contribution in [0.5, 0.6) is 11.5 Å². The van der Waals surface area contributed by atoms with E-state index < -0.39 is 0 Å². The molecule has 0 aliphatic heterocycles. The fourth-order valence-corrected chi connectivity index (χ4v) is 3.16. The topological polar surface area (TPSA) is 67.9 Å². The summed E-state index contributed by atoms with van der Waals surface area (Å²) in [7, 11) is 1.62. The Balaban J connectivity index is 1.69. The number of methoxy groups -OCH3 is 1. The Bertz CT molecular complexity index is 568. The summed E-state index contributed by atoms with van der Waals surface area (Å²) < 4.78 is 10.8. The minimum Gasteiger partial charge on any atom is -0.497 e. The van der Waals surface area contributed by atoms with Gasteiger partial charge in [-0.1, -0.05) is 19.3 Å². The van der Waals surface area contributed by atoms with E-state index in [4.69, 9.17) is 9.47 Å². The van der Waals surface area contributed by atoms with Crippen LogP contribution in [0.2, 0.25) is 0 Å². The van der Waals surface area contributed by atoms with E-state index in [0.717, 1.165) is 24.3 Å². The van der Waals surface area contributed by atoms with E-state index in [1.807, 2.05) is 24.3 Å². The van der Waals surface area contributed by atoms with E-state index in [-0.39, 0.29) is 11.8 Å². The Morgan fingerprint density at radius 1 is 1.08 bits per heavy atom. The van der Waals surface area contributed by atoms with Gasteiger partial charge in [-0.15, -0.1) is 0 Å². The van der Waals surface area contributed by atoms with Gasteiger partial charge in [-0.3, -0.25) is 9.59 Å². The Morgan fingerprint density at radius 2 is 1.73 bits per heavy atom. The lowest BCUT2D eigenvalue weighted by molar-refractivity contribution is -0.130. The van der Waals surface area contributed by atoms with E-state index >= 15 is 0 Å². The second-order valence-electron chi connectivity index (χ2n) is 6.68. The first-order valence-corrected chi connectivity index (χ1v) is 9.40. The van der Waals surface area contributed by atoms with Gasteiger partial charge in [0.25, 0.3) is 0 Å². The van der Waals surface area contributed by atoms with Crippen molar-refractivity contribution in [3.8, 4) is 11.5 Å². The highest BCUT2D eigenvalue weighted by atomic mass is 16.5. The molecule has 2 amide bonds. The SMILES string of the molecule is COc1ccc(OCCN(CCC(=O)NC2CCCCC2)C(C)=O)cc1. The molecule has 1 aliphatic rings. The summed E-state index contributed by atoms with van der Waals surface area (Å²) in [5, 5.41) is 3.09. The van der Waals surface area contributed by atoms with Gasteiger partial charge in [-0.2, -0.15) is 0 Å². The van der Waals surface area contributed by atoms with E-state index in [9.17, 15) is 9.59 Å². The molecule has 2 rings (SSSR count). The highest BCUT2D eigenvalue weighted by Crippen LogP contribution is 2.18. The first-order valence-electron chi connectivity index (χ1n) is 9.40. The molecule has 0 atom stereocenters. The maximum Gasteiger partial charge on any atom is 0.221 e. The van der Waals surface area contributed by atoms with Crippen LogP contribution in [0.4, 0.5) is 0 Å². The minimum absolute atomic E-state index is 0.0271. The maximum atomic E-state index is 12.1. The lowest BCUT2D eigenvalue weighted by Crippen LogP contribution is -2.40. The number of nitrogens with zero attached hydrogens (tertiary/aromatic N) is 1. The van der Waals surface area contributed by atoms with E-state index in [0.29, 0.717) is 32.2 Å². The standard InChI is InChI=1S/C20H30N2O4/c1-16(23)22(13-12-20(24)21-17-6-4-3-5-7-17)14-15-26-19-10-8-18(25-2)9-11-19/h8-11,17H,3-7,12-15H2,1-2H3,(H,21,24). The smallest absolute Gasteiger partial charge is 0.221 e. The van der Waals surface area contributed by atoms with Crippen molar-refractivity contribution in [2.45, 2.75) is 51.5 Å². The molecule has 0 spiro atoms. The molecule has 0 heterocycles. The van der Waals surface area contributed by atoms with Crippen LogP contribution in [0.15, 0.2) is 24.3 Å². The van der Waals surface area contributed by atoms with Gasteiger partial charge in [0.15, 0.2) is 0 Å². The number of hydrogen-bond donors (Lipinski definition) is 1. The van der Waals surface area contributed by atoms with Crippen LogP contribution in [-0.2, 0) is 9.59 Å². The number of carbonyl (C=O) groups is 2. The average molecular weight is 362 g/mol. The van der Waals surface area contributed by atoms with Gasteiger partial charge in [0.05, 0.1) is 13.7 Å². The summed E-state index contributed by atoms with van der Waals surface area (Å²) in [6.45, 7) is 2.78. The molecule has 1 fully saturated rings. The van der Waals surface area contributed by atoms with Crippen LogP contribution in [0.25, 0.3) is 0 Å². The summed E-state index contributed by atoms with van der Waals surface area (Å²) in [6.07, 6.45) is 6.10. The first-order chi connectivity index (χ1) is 12.6. The number of ether oxygens (including phenoxy) is 2. The molecule has 1 aromatic rings. The summed E-state index contributed by atoms with van der Waals surface area (Å²) in [5.41, 5.74) is 0. The minimum atomic E-state index is -0.0474. The number of rotatable bonds is 9. The number of hydrogen-bond acceptors (Lipinski definition) is 4. The zero-order chi connectivity index (χ0) is 18.8. The van der Waals surface area contributed by atoms with Gasteiger partial charge in [-0.25, -0.2) is 0 Å². The molecule has 0 aromatic heterocycles. The molecule has 0 saturated heterocycles. The monoisotopic (exact) mass is 362 g/mol. The molecule has 1 N–H and O–H groups in total. The molecular weight excluding hydrogens is 332 g/mol. The molecule has 6 nitrogen and oxygen atoms in total. The normalized spacial score (nSPS) is 14.5. The van der Waals surface area contributed by atoms with Crippen molar-refractivity contribution in [1.29, 1.82) is 0 Å². The van der Waals surface area contributed by atoms with Crippen molar-refractivity contribution < 1.29 is 19.1 Å². The van der Waals surface area contributed by atoms with Crippen molar-refractivity contribution >= 4 is 11.8 Å². The first kappa shape index (κ1) is 20.1. The molecule has 144 valence electrons. The van der Waals surface area contributed by atoms with Crippen LogP contribution < -0.4 is 14.8 Å². The molecule has 0 radical (unpaired) electrons. The largest absolute Gasteiger partial charge is 0.497 e. The summed E-state index contributed by atoms with van der Waals surface area (Å²) in [4.78, 5) is 25.6. The molecule has 1 aromatic carbocycles. The van der Waals surface area contributed by atoms with E-state index in [1.54, 1.807) is 12.0 Å². The molecule has 0 bridgehead atoms. The summed E-state index contributed by atoms with van der Waals surface area (Å²) in [5.74, 6) is 1.48. The molecule has 1 aliphatic carbocycles. The van der Waals surface area contributed by atoms with Crippen LogP contribution in [0, 0.1) is 0 Å². The summed E-state index contributed by atoms with van der Waals surface area (Å²) >= 11 is 0. The van der Waals surface area contributed by atoms with Gasteiger partial charge in [0, 0.05) is 25.9 Å². The van der Waals surface area contributed by atoms with Crippen molar-refractivity contribution in [3.05, 3.63) is 24.3 Å². The third-order valence-corrected chi connectivity index (χ3v) is 4.71. The molecule has 0 unspecified atom stereocenters. The second-order valence-corrected chi connectivity index (χ2v) is 6.68. The van der Waals surface area contributed by atoms with Crippen LogP contribution in [-0.4, -0.2) is 49.6 Å². The molecular formula is C20H30N2O4. The summed E-state index contributed by atoms with van der Waals surface area (Å²) in [6, 6.07) is 7.62. The lowest BCUT2D eigenvalue weighted by Gasteiger charge is -2.24. The maximum absolute atomic E-state index is 12.1. The molecule has 26 heavy (non-hydrogen) atoms. The van der Waals surface area contributed by atoms with Gasteiger partial charge < -0.3 is 19.7 Å². The number of carbonyl (C=O) groups excluding carboxylic acids is 2. The highest BCUT2D eigenvalue weighted by Gasteiger charge is 2.17. The third kappa shape index (κ3) is 6.94. The van der Waals surface area contributed by atoms with E-state index in [2.05, 4.69) is 5.32 Å². The lowest BCUT2D eigenvalue weighted by atomic mass is 9.95. The Kier molecular flexibility index (Phi) is 8.25. The van der Waals surface area contributed by atoms with Crippen molar-refractivity contribution in [2.75, 3.05) is 26.8 Å². The van der Waals surface area contributed by atoms with Gasteiger partial charge in [0.2, 0.25) is 11.8 Å². The van der Waals surface area contributed by atoms with Crippen LogP contribution in [0.1, 0.15) is 45.4 Å². The van der Waals surface area contributed by atoms with Crippen molar-refractivity contribution in [1.82, 2.24) is 10.2 Å². The molecule has 1 saturated carbocycles. The zero-order valence-corrected chi connectivity index (χ0v) is 15.8. The van der Waals surface area contributed by atoms with Gasteiger partial charge in [-0.05, 0) is 37.1 Å². The Labute approximate surface area is 155 Å². The predicted octanol–water partition coefficient (Wildman–Crippen LogP) is 2.76. The zero-order valence-electron chi connectivity index (χ0n) is 15.8. The quantitative estimate of drug-likeness (QED) is 0.733. The van der Waals surface area contributed by atoms with Crippen molar-refractivity contribution in [3.63, 3.8) is 0 Å². The number of benzene rings is 1. The van der Waals surface area contributed by atoms with Gasteiger partial charge >= 0.3 is 0 Å².